The molecule has 0 bridgehead atoms. The van der Waals surface area contributed by atoms with E-state index in [1.165, 1.54) is 0 Å². The summed E-state index contributed by atoms with van der Waals surface area (Å²) in [4.78, 5) is 11.7. The summed E-state index contributed by atoms with van der Waals surface area (Å²) in [5.41, 5.74) is 3.04. The fraction of sp³-hybridized carbons (Fsp3) is 0.167. The number of fused-ring (bicyclic) bond motifs is 1. The molecule has 0 saturated heterocycles. The van der Waals surface area contributed by atoms with Crippen molar-refractivity contribution in [3.8, 4) is 11.1 Å². The molecule has 1 unspecified atom stereocenters. The number of benzene rings is 2. The Morgan fingerprint density at radius 3 is 2.77 bits per heavy atom. The third-order valence-corrected chi connectivity index (χ3v) is 4.07. The van der Waals surface area contributed by atoms with Gasteiger partial charge >= 0.3 is 6.09 Å². The summed E-state index contributed by atoms with van der Waals surface area (Å²) in [5, 5.41) is 3.43. The lowest BCUT2D eigenvalue weighted by Gasteiger charge is -2.35. The van der Waals surface area contributed by atoms with Gasteiger partial charge in [-0.1, -0.05) is 35.9 Å². The van der Waals surface area contributed by atoms with E-state index in [1.54, 1.807) is 6.08 Å². The van der Waals surface area contributed by atoms with Gasteiger partial charge in [0.05, 0.1) is 5.69 Å². The van der Waals surface area contributed by atoms with E-state index >= 15 is 0 Å². The molecule has 2 aromatic rings. The van der Waals surface area contributed by atoms with Crippen molar-refractivity contribution < 1.29 is 9.53 Å². The van der Waals surface area contributed by atoms with E-state index in [0.29, 0.717) is 11.4 Å². The average Bonchev–Trinajstić information content (AvgIpc) is 2.47. The predicted molar refractivity (Wildman–Crippen MR) is 89.2 cm³/mol. The average molecular weight is 314 g/mol. The van der Waals surface area contributed by atoms with Gasteiger partial charge in [0.15, 0.2) is 0 Å². The quantitative estimate of drug-likeness (QED) is 0.775. The maximum Gasteiger partial charge on any atom is 0.412 e. The lowest BCUT2D eigenvalue weighted by Crippen LogP contribution is -2.36. The Bertz CT molecular complexity index is 757. The normalized spacial score (nSPS) is 19.8. The Labute approximate surface area is 134 Å². The molecule has 0 aromatic heterocycles. The van der Waals surface area contributed by atoms with Crippen LogP contribution in [0.4, 0.5) is 10.5 Å². The molecule has 0 spiro atoms. The monoisotopic (exact) mass is 313 g/mol. The summed E-state index contributed by atoms with van der Waals surface area (Å²) in [6.07, 6.45) is 1.87. The van der Waals surface area contributed by atoms with E-state index in [2.05, 4.69) is 11.9 Å². The molecule has 3 rings (SSSR count). The summed E-state index contributed by atoms with van der Waals surface area (Å²) in [6.45, 7) is 5.66. The van der Waals surface area contributed by atoms with Crippen LogP contribution in [0.25, 0.3) is 11.1 Å². The lowest BCUT2D eigenvalue weighted by atomic mass is 9.87. The van der Waals surface area contributed by atoms with Crippen molar-refractivity contribution >= 4 is 23.4 Å². The zero-order valence-corrected chi connectivity index (χ0v) is 13.0. The van der Waals surface area contributed by atoms with Crippen molar-refractivity contribution in [1.29, 1.82) is 0 Å². The smallest absolute Gasteiger partial charge is 0.412 e. The number of halogens is 1. The molecular formula is C18H16ClNO2. The molecule has 22 heavy (non-hydrogen) atoms. The van der Waals surface area contributed by atoms with Crippen LogP contribution in [0.2, 0.25) is 5.02 Å². The van der Waals surface area contributed by atoms with Crippen LogP contribution in [0.1, 0.15) is 18.9 Å². The van der Waals surface area contributed by atoms with E-state index in [-0.39, 0.29) is 0 Å². The number of anilines is 1. The van der Waals surface area contributed by atoms with Crippen molar-refractivity contribution in [3.63, 3.8) is 0 Å². The number of hydrogen-bond acceptors (Lipinski definition) is 2. The maximum atomic E-state index is 11.7. The number of nitrogens with one attached hydrogen (secondary N) is 1. The highest BCUT2D eigenvalue weighted by atomic mass is 35.5. The fourth-order valence-corrected chi connectivity index (χ4v) is 2.95. The third-order valence-electron chi connectivity index (χ3n) is 3.84. The molecule has 1 aliphatic rings. The summed E-state index contributed by atoms with van der Waals surface area (Å²) in [6, 6.07) is 13.6. The van der Waals surface area contributed by atoms with Gasteiger partial charge in [0, 0.05) is 17.0 Å². The molecule has 3 nitrogen and oxygen atoms in total. The van der Waals surface area contributed by atoms with Gasteiger partial charge in [-0.25, -0.2) is 4.79 Å². The zero-order valence-electron chi connectivity index (χ0n) is 12.2. The minimum Gasteiger partial charge on any atom is -0.438 e. The molecule has 0 radical (unpaired) electrons. The van der Waals surface area contributed by atoms with Crippen LogP contribution in [0.5, 0.6) is 0 Å². The fourth-order valence-electron chi connectivity index (χ4n) is 2.76. The first-order chi connectivity index (χ1) is 10.5. The standard InChI is InChI=1S/C18H16ClNO2/c1-3-9-18(2)15-11-13(12-5-4-6-14(19)10-12)7-8-16(15)20-17(21)22-18/h3-8,10-11H,1,9H2,2H3,(H,20,21). The maximum absolute atomic E-state index is 11.7. The third kappa shape index (κ3) is 2.60. The highest BCUT2D eigenvalue weighted by molar-refractivity contribution is 6.30. The largest absolute Gasteiger partial charge is 0.438 e. The molecule has 1 aliphatic heterocycles. The molecular weight excluding hydrogens is 298 g/mol. The van der Waals surface area contributed by atoms with Gasteiger partial charge in [-0.3, -0.25) is 5.32 Å². The topological polar surface area (TPSA) is 38.3 Å². The Hall–Kier alpha value is -2.26. The van der Waals surface area contributed by atoms with Gasteiger partial charge in [0.2, 0.25) is 0 Å². The number of hydrogen-bond donors (Lipinski definition) is 1. The SMILES string of the molecule is C=CCC1(C)OC(=O)Nc2ccc(-c3cccc(Cl)c3)cc21. The predicted octanol–water partition coefficient (Wildman–Crippen LogP) is 5.36. The van der Waals surface area contributed by atoms with Crippen molar-refractivity contribution in [1.82, 2.24) is 0 Å². The number of carbonyl (C=O) groups is 1. The van der Waals surface area contributed by atoms with Crippen LogP contribution in [-0.2, 0) is 10.3 Å². The molecule has 1 N–H and O–H groups in total. The highest BCUT2D eigenvalue weighted by Crippen LogP contribution is 2.40. The van der Waals surface area contributed by atoms with Crippen molar-refractivity contribution in [2.24, 2.45) is 0 Å². The number of cyclic esters (lactones) is 1. The van der Waals surface area contributed by atoms with Gasteiger partial charge in [0.25, 0.3) is 0 Å². The van der Waals surface area contributed by atoms with Gasteiger partial charge in [-0.15, -0.1) is 6.58 Å². The van der Waals surface area contributed by atoms with Gasteiger partial charge in [-0.05, 0) is 42.3 Å². The van der Waals surface area contributed by atoms with E-state index in [1.807, 2.05) is 49.4 Å². The van der Waals surface area contributed by atoms with E-state index in [0.717, 1.165) is 22.4 Å². The van der Waals surface area contributed by atoms with Crippen LogP contribution in [0, 0.1) is 0 Å². The van der Waals surface area contributed by atoms with Crippen molar-refractivity contribution in [2.75, 3.05) is 5.32 Å². The van der Waals surface area contributed by atoms with Crippen LogP contribution in [0.3, 0.4) is 0 Å². The first-order valence-corrected chi connectivity index (χ1v) is 7.41. The molecule has 2 aromatic carbocycles. The zero-order chi connectivity index (χ0) is 15.7. The Balaban J connectivity index is 2.12. The van der Waals surface area contributed by atoms with Crippen LogP contribution >= 0.6 is 11.6 Å². The number of amides is 1. The second-order valence-electron chi connectivity index (χ2n) is 5.51. The van der Waals surface area contributed by atoms with Crippen LogP contribution in [0.15, 0.2) is 55.1 Å². The molecule has 1 atom stereocenters. The van der Waals surface area contributed by atoms with Gasteiger partial charge in [-0.2, -0.15) is 0 Å². The molecule has 4 heteroatoms. The van der Waals surface area contributed by atoms with Crippen molar-refractivity contribution in [2.45, 2.75) is 18.9 Å². The molecule has 1 amide bonds. The second-order valence-corrected chi connectivity index (χ2v) is 5.95. The first kappa shape index (κ1) is 14.7. The molecule has 1 heterocycles. The van der Waals surface area contributed by atoms with Crippen LogP contribution in [-0.4, -0.2) is 6.09 Å². The second kappa shape index (κ2) is 5.50. The first-order valence-electron chi connectivity index (χ1n) is 7.03. The van der Waals surface area contributed by atoms with Crippen LogP contribution < -0.4 is 5.32 Å². The minimum absolute atomic E-state index is 0.438. The number of carbonyl (C=O) groups excluding carboxylic acids is 1. The van der Waals surface area contributed by atoms with Gasteiger partial charge < -0.3 is 4.74 Å². The molecule has 0 aliphatic carbocycles. The van der Waals surface area contributed by atoms with E-state index in [4.69, 9.17) is 16.3 Å². The summed E-state index contributed by atoms with van der Waals surface area (Å²) in [5.74, 6) is 0. The summed E-state index contributed by atoms with van der Waals surface area (Å²) < 4.78 is 5.51. The molecule has 0 saturated carbocycles. The molecule has 112 valence electrons. The summed E-state index contributed by atoms with van der Waals surface area (Å²) >= 11 is 6.07. The Kier molecular flexibility index (Phi) is 3.67. The Morgan fingerprint density at radius 2 is 2.05 bits per heavy atom. The molecule has 0 fully saturated rings. The minimum atomic E-state index is -0.714. The summed E-state index contributed by atoms with van der Waals surface area (Å²) in [7, 11) is 0. The Morgan fingerprint density at radius 1 is 1.27 bits per heavy atom. The number of ether oxygens (including phenoxy) is 1. The van der Waals surface area contributed by atoms with Crippen molar-refractivity contribution in [3.05, 3.63) is 65.7 Å². The highest BCUT2D eigenvalue weighted by Gasteiger charge is 2.36. The van der Waals surface area contributed by atoms with E-state index < -0.39 is 11.7 Å². The van der Waals surface area contributed by atoms with Gasteiger partial charge in [0.1, 0.15) is 5.60 Å². The van der Waals surface area contributed by atoms with E-state index in [9.17, 15) is 4.79 Å². The number of rotatable bonds is 3. The lowest BCUT2D eigenvalue weighted by molar-refractivity contribution is 0.0292.